The third kappa shape index (κ3) is 5.20. The second-order valence-electron chi connectivity index (χ2n) is 7.90. The van der Waals surface area contributed by atoms with Crippen molar-refractivity contribution in [1.82, 2.24) is 15.2 Å². The molecule has 1 aliphatic rings. The van der Waals surface area contributed by atoms with Crippen LogP contribution in [0.4, 0.5) is 0 Å². The largest absolute Gasteiger partial charge is 0.354 e. The number of carbonyl (C=O) groups excluding carboxylic acids is 2. The van der Waals surface area contributed by atoms with Crippen molar-refractivity contribution in [3.63, 3.8) is 0 Å². The number of nitrogens with zero attached hydrogens (tertiary/aromatic N) is 2. The number of amides is 2. The molecule has 0 radical (unpaired) electrons. The van der Waals surface area contributed by atoms with E-state index in [1.54, 1.807) is 16.2 Å². The van der Waals surface area contributed by atoms with Crippen molar-refractivity contribution in [3.05, 3.63) is 76.8 Å². The third-order valence-corrected chi connectivity index (χ3v) is 6.67. The molecule has 2 amide bonds. The average Bonchev–Trinajstić information content (AvgIpc) is 3.46. The molecule has 1 fully saturated rings. The van der Waals surface area contributed by atoms with Crippen LogP contribution in [0.15, 0.2) is 60.0 Å². The molecule has 1 saturated heterocycles. The van der Waals surface area contributed by atoms with Gasteiger partial charge in [-0.2, -0.15) is 0 Å². The molecular formula is C25H27N3O2S. The predicted molar refractivity (Wildman–Crippen MR) is 124 cm³/mol. The second kappa shape index (κ2) is 9.88. The lowest BCUT2D eigenvalue weighted by Crippen LogP contribution is -2.46. The van der Waals surface area contributed by atoms with Crippen LogP contribution in [-0.4, -0.2) is 40.8 Å². The topological polar surface area (TPSA) is 62.3 Å². The van der Waals surface area contributed by atoms with Gasteiger partial charge in [0.2, 0.25) is 11.8 Å². The molecule has 1 aliphatic heterocycles. The summed E-state index contributed by atoms with van der Waals surface area (Å²) in [5.41, 5.74) is 4.21. The number of thiazole rings is 1. The van der Waals surface area contributed by atoms with Crippen molar-refractivity contribution >= 4 is 23.2 Å². The Labute approximate surface area is 187 Å². The first kappa shape index (κ1) is 21.2. The van der Waals surface area contributed by atoms with Crippen molar-refractivity contribution in [2.75, 3.05) is 13.1 Å². The van der Waals surface area contributed by atoms with E-state index in [1.807, 2.05) is 66.9 Å². The van der Waals surface area contributed by atoms with Gasteiger partial charge in [0.15, 0.2) is 0 Å². The van der Waals surface area contributed by atoms with Gasteiger partial charge in [-0.1, -0.05) is 54.6 Å². The molecule has 3 aromatic rings. The van der Waals surface area contributed by atoms with E-state index >= 15 is 0 Å². The van der Waals surface area contributed by atoms with Gasteiger partial charge in [-0.15, -0.1) is 11.3 Å². The van der Waals surface area contributed by atoms with Gasteiger partial charge >= 0.3 is 0 Å². The van der Waals surface area contributed by atoms with Crippen molar-refractivity contribution < 1.29 is 9.59 Å². The van der Waals surface area contributed by atoms with Gasteiger partial charge in [-0.3, -0.25) is 9.59 Å². The average molecular weight is 434 g/mol. The number of hydrogen-bond donors (Lipinski definition) is 1. The lowest BCUT2D eigenvalue weighted by Gasteiger charge is -2.24. The predicted octanol–water partition coefficient (Wildman–Crippen LogP) is 4.01. The highest BCUT2D eigenvalue weighted by molar-refractivity contribution is 7.13. The van der Waals surface area contributed by atoms with E-state index in [0.29, 0.717) is 25.9 Å². The van der Waals surface area contributed by atoms with E-state index in [0.717, 1.165) is 40.2 Å². The van der Waals surface area contributed by atoms with E-state index in [-0.39, 0.29) is 17.9 Å². The fourth-order valence-corrected chi connectivity index (χ4v) is 4.84. The maximum atomic E-state index is 12.9. The second-order valence-corrected chi connectivity index (χ2v) is 8.76. The Hall–Kier alpha value is -2.99. The zero-order chi connectivity index (χ0) is 21.6. The number of likely N-dealkylation sites (tertiary alicyclic amines) is 1. The summed E-state index contributed by atoms with van der Waals surface area (Å²) in [4.78, 5) is 32.0. The summed E-state index contributed by atoms with van der Waals surface area (Å²) in [5.74, 6) is -0.0342. The molecule has 2 heterocycles. The minimum atomic E-state index is -0.369. The summed E-state index contributed by atoms with van der Waals surface area (Å²) < 4.78 is 0. The Morgan fingerprint density at radius 2 is 1.90 bits per heavy atom. The van der Waals surface area contributed by atoms with Gasteiger partial charge in [0, 0.05) is 30.5 Å². The maximum absolute atomic E-state index is 12.9. The Morgan fingerprint density at radius 1 is 1.13 bits per heavy atom. The fourth-order valence-electron chi connectivity index (χ4n) is 3.98. The number of rotatable bonds is 7. The van der Waals surface area contributed by atoms with E-state index in [2.05, 4.69) is 10.3 Å². The number of aromatic nitrogens is 1. The van der Waals surface area contributed by atoms with Gasteiger partial charge < -0.3 is 10.2 Å². The first-order valence-corrected chi connectivity index (χ1v) is 11.6. The third-order valence-electron chi connectivity index (χ3n) is 5.73. The summed E-state index contributed by atoms with van der Waals surface area (Å²) in [6.07, 6.45) is 2.61. The Bertz CT molecular complexity index is 1050. The molecule has 1 aromatic heterocycles. The minimum Gasteiger partial charge on any atom is -0.354 e. The molecule has 160 valence electrons. The van der Waals surface area contributed by atoms with Crippen molar-refractivity contribution in [2.24, 2.45) is 0 Å². The molecule has 4 rings (SSSR count). The highest BCUT2D eigenvalue weighted by atomic mass is 32.1. The molecule has 1 atom stereocenters. The molecule has 31 heavy (non-hydrogen) atoms. The van der Waals surface area contributed by atoms with Crippen LogP contribution < -0.4 is 5.32 Å². The first-order valence-electron chi connectivity index (χ1n) is 10.7. The van der Waals surface area contributed by atoms with Crippen molar-refractivity contribution in [2.45, 2.75) is 38.6 Å². The SMILES string of the molecule is Cc1ccccc1CC(=O)N1CCCC1C(=O)NCCc1csc(-c2ccccc2)n1. The Morgan fingerprint density at radius 3 is 2.71 bits per heavy atom. The number of nitrogens with one attached hydrogen (secondary N) is 1. The summed E-state index contributed by atoms with van der Waals surface area (Å²) in [5, 5.41) is 6.05. The lowest BCUT2D eigenvalue weighted by atomic mass is 10.0. The molecule has 0 bridgehead atoms. The van der Waals surface area contributed by atoms with E-state index in [4.69, 9.17) is 0 Å². The van der Waals surface area contributed by atoms with Crippen LogP contribution in [0.1, 0.15) is 29.7 Å². The zero-order valence-corrected chi connectivity index (χ0v) is 18.5. The van der Waals surface area contributed by atoms with E-state index < -0.39 is 0 Å². The van der Waals surface area contributed by atoms with Crippen molar-refractivity contribution in [1.29, 1.82) is 0 Å². The lowest BCUT2D eigenvalue weighted by molar-refractivity contribution is -0.137. The van der Waals surface area contributed by atoms with Crippen LogP contribution in [-0.2, 0) is 22.4 Å². The zero-order valence-electron chi connectivity index (χ0n) is 17.7. The van der Waals surface area contributed by atoms with Crippen LogP contribution in [0, 0.1) is 6.92 Å². The van der Waals surface area contributed by atoms with Gasteiger partial charge in [0.05, 0.1) is 12.1 Å². The number of benzene rings is 2. The van der Waals surface area contributed by atoms with Crippen LogP contribution in [0.3, 0.4) is 0 Å². The molecule has 1 unspecified atom stereocenters. The van der Waals surface area contributed by atoms with Crippen molar-refractivity contribution in [3.8, 4) is 10.6 Å². The molecule has 1 N–H and O–H groups in total. The number of aryl methyl sites for hydroxylation is 1. The van der Waals surface area contributed by atoms with Gasteiger partial charge in [-0.25, -0.2) is 4.98 Å². The standard InChI is InChI=1S/C25H27N3O2S/c1-18-8-5-6-11-20(18)16-23(29)28-15-7-12-22(28)24(30)26-14-13-21-17-31-25(27-21)19-9-3-2-4-10-19/h2-6,8-11,17,22H,7,12-16H2,1H3,(H,26,30). The number of hydrogen-bond acceptors (Lipinski definition) is 4. The van der Waals surface area contributed by atoms with Gasteiger partial charge in [0.1, 0.15) is 11.0 Å². The highest BCUT2D eigenvalue weighted by Crippen LogP contribution is 2.23. The van der Waals surface area contributed by atoms with E-state index in [9.17, 15) is 9.59 Å². The van der Waals surface area contributed by atoms with Crippen LogP contribution in [0.2, 0.25) is 0 Å². The summed E-state index contributed by atoms with van der Waals surface area (Å²) >= 11 is 1.62. The van der Waals surface area contributed by atoms with Gasteiger partial charge in [0.25, 0.3) is 0 Å². The maximum Gasteiger partial charge on any atom is 0.242 e. The summed E-state index contributed by atoms with van der Waals surface area (Å²) in [6.45, 7) is 3.18. The molecule has 5 nitrogen and oxygen atoms in total. The normalized spacial score (nSPS) is 15.8. The van der Waals surface area contributed by atoms with Crippen LogP contribution >= 0.6 is 11.3 Å². The van der Waals surface area contributed by atoms with Gasteiger partial charge in [-0.05, 0) is 30.9 Å². The fraction of sp³-hybridized carbons (Fsp3) is 0.320. The smallest absolute Gasteiger partial charge is 0.242 e. The molecule has 0 saturated carbocycles. The minimum absolute atomic E-state index is 0.0268. The van der Waals surface area contributed by atoms with E-state index in [1.165, 1.54) is 0 Å². The molecular weight excluding hydrogens is 406 g/mol. The summed E-state index contributed by atoms with van der Waals surface area (Å²) in [6, 6.07) is 17.6. The molecule has 2 aromatic carbocycles. The molecule has 0 aliphatic carbocycles. The Balaban J connectivity index is 1.29. The molecule has 6 heteroatoms. The monoisotopic (exact) mass is 433 g/mol. The highest BCUT2D eigenvalue weighted by Gasteiger charge is 2.33. The van der Waals surface area contributed by atoms with Crippen LogP contribution in [0.5, 0.6) is 0 Å². The first-order chi connectivity index (χ1) is 15.1. The number of carbonyl (C=O) groups is 2. The quantitative estimate of drug-likeness (QED) is 0.612. The Kier molecular flexibility index (Phi) is 6.77. The summed E-state index contributed by atoms with van der Waals surface area (Å²) in [7, 11) is 0. The molecule has 0 spiro atoms. The van der Waals surface area contributed by atoms with Crippen LogP contribution in [0.25, 0.3) is 10.6 Å².